The molecule has 0 radical (unpaired) electrons. The van der Waals surface area contributed by atoms with Crippen molar-refractivity contribution in [3.8, 4) is 0 Å². The van der Waals surface area contributed by atoms with Crippen LogP contribution in [0.4, 0.5) is 0 Å². The van der Waals surface area contributed by atoms with Crippen LogP contribution in [0, 0.1) is 5.92 Å². The molecule has 0 aliphatic heterocycles. The molecule has 0 unspecified atom stereocenters. The van der Waals surface area contributed by atoms with Gasteiger partial charge in [0.15, 0.2) is 0 Å². The second-order valence-corrected chi connectivity index (χ2v) is 6.95. The maximum Gasteiger partial charge on any atom is 0.240 e. The SMILES string of the molecule is CNCc1cccc(S(=O)(=O)NCC2CCCC2)c1. The van der Waals surface area contributed by atoms with E-state index in [-0.39, 0.29) is 0 Å². The van der Waals surface area contributed by atoms with Gasteiger partial charge in [-0.05, 0) is 43.5 Å². The van der Waals surface area contributed by atoms with Crippen LogP contribution >= 0.6 is 0 Å². The van der Waals surface area contributed by atoms with Crippen molar-refractivity contribution in [1.29, 1.82) is 0 Å². The normalized spacial score (nSPS) is 16.9. The predicted octanol–water partition coefficient (Wildman–Crippen LogP) is 1.87. The first kappa shape index (κ1) is 14.5. The van der Waals surface area contributed by atoms with E-state index in [0.29, 0.717) is 23.9 Å². The van der Waals surface area contributed by atoms with Gasteiger partial charge in [-0.3, -0.25) is 0 Å². The van der Waals surface area contributed by atoms with E-state index >= 15 is 0 Å². The van der Waals surface area contributed by atoms with Gasteiger partial charge >= 0.3 is 0 Å². The van der Waals surface area contributed by atoms with E-state index in [4.69, 9.17) is 0 Å². The highest BCUT2D eigenvalue weighted by molar-refractivity contribution is 7.89. The summed E-state index contributed by atoms with van der Waals surface area (Å²) in [5, 5.41) is 3.02. The molecule has 1 aliphatic carbocycles. The largest absolute Gasteiger partial charge is 0.316 e. The van der Waals surface area contributed by atoms with Gasteiger partial charge in [0, 0.05) is 13.1 Å². The molecule has 4 nitrogen and oxygen atoms in total. The highest BCUT2D eigenvalue weighted by atomic mass is 32.2. The first-order valence-corrected chi connectivity index (χ1v) is 8.33. The molecule has 0 aromatic heterocycles. The zero-order valence-electron chi connectivity index (χ0n) is 11.4. The Balaban J connectivity index is 2.03. The zero-order chi connectivity index (χ0) is 13.7. The lowest BCUT2D eigenvalue weighted by Gasteiger charge is -2.12. The highest BCUT2D eigenvalue weighted by Crippen LogP contribution is 2.24. The van der Waals surface area contributed by atoms with Crippen LogP contribution in [0.3, 0.4) is 0 Å². The van der Waals surface area contributed by atoms with Crippen molar-refractivity contribution in [1.82, 2.24) is 10.0 Å². The molecule has 1 aliphatic rings. The maximum absolute atomic E-state index is 12.2. The number of nitrogens with one attached hydrogen (secondary N) is 2. The lowest BCUT2D eigenvalue weighted by molar-refractivity contribution is 0.519. The van der Waals surface area contributed by atoms with Crippen molar-refractivity contribution in [3.05, 3.63) is 29.8 Å². The van der Waals surface area contributed by atoms with Crippen LogP contribution in [-0.4, -0.2) is 22.0 Å². The van der Waals surface area contributed by atoms with Crippen LogP contribution < -0.4 is 10.0 Å². The molecular formula is C14H22N2O2S. The molecule has 0 saturated heterocycles. The van der Waals surface area contributed by atoms with E-state index in [1.54, 1.807) is 18.2 Å². The molecule has 2 N–H and O–H groups in total. The van der Waals surface area contributed by atoms with Crippen molar-refractivity contribution >= 4 is 10.0 Å². The van der Waals surface area contributed by atoms with E-state index in [1.807, 2.05) is 13.1 Å². The molecule has 0 amide bonds. The summed E-state index contributed by atoms with van der Waals surface area (Å²) in [6.07, 6.45) is 4.73. The Morgan fingerprint density at radius 3 is 2.68 bits per heavy atom. The molecule has 5 heteroatoms. The summed E-state index contributed by atoms with van der Waals surface area (Å²) < 4.78 is 27.2. The molecule has 2 rings (SSSR count). The Labute approximate surface area is 115 Å². The average Bonchev–Trinajstić information content (AvgIpc) is 2.90. The van der Waals surface area contributed by atoms with Crippen LogP contribution in [0.5, 0.6) is 0 Å². The van der Waals surface area contributed by atoms with Gasteiger partial charge in [-0.1, -0.05) is 25.0 Å². The molecule has 19 heavy (non-hydrogen) atoms. The average molecular weight is 282 g/mol. The molecule has 1 saturated carbocycles. The fourth-order valence-corrected chi connectivity index (χ4v) is 3.74. The Morgan fingerprint density at radius 2 is 2.00 bits per heavy atom. The quantitative estimate of drug-likeness (QED) is 0.837. The molecule has 0 heterocycles. The lowest BCUT2D eigenvalue weighted by atomic mass is 10.1. The molecule has 0 atom stereocenters. The topological polar surface area (TPSA) is 58.2 Å². The predicted molar refractivity (Wildman–Crippen MR) is 76.4 cm³/mol. The van der Waals surface area contributed by atoms with E-state index in [2.05, 4.69) is 10.0 Å². The highest BCUT2D eigenvalue weighted by Gasteiger charge is 2.19. The number of sulfonamides is 1. The second kappa shape index (κ2) is 6.50. The van der Waals surface area contributed by atoms with Crippen LogP contribution in [0.2, 0.25) is 0 Å². The van der Waals surface area contributed by atoms with Crippen molar-refractivity contribution in [2.24, 2.45) is 5.92 Å². The van der Waals surface area contributed by atoms with Gasteiger partial charge in [-0.25, -0.2) is 13.1 Å². The molecule has 1 fully saturated rings. The lowest BCUT2D eigenvalue weighted by Crippen LogP contribution is -2.28. The fourth-order valence-electron chi connectivity index (χ4n) is 2.55. The van der Waals surface area contributed by atoms with E-state index in [9.17, 15) is 8.42 Å². The monoisotopic (exact) mass is 282 g/mol. The van der Waals surface area contributed by atoms with Crippen LogP contribution in [-0.2, 0) is 16.6 Å². The molecule has 0 spiro atoms. The minimum atomic E-state index is -3.37. The van der Waals surface area contributed by atoms with Gasteiger partial charge in [-0.2, -0.15) is 0 Å². The third kappa shape index (κ3) is 4.03. The maximum atomic E-state index is 12.2. The summed E-state index contributed by atoms with van der Waals surface area (Å²) in [5.74, 6) is 0.510. The fraction of sp³-hybridized carbons (Fsp3) is 0.571. The number of hydrogen-bond donors (Lipinski definition) is 2. The minimum absolute atomic E-state index is 0.359. The second-order valence-electron chi connectivity index (χ2n) is 5.18. The first-order valence-electron chi connectivity index (χ1n) is 6.85. The van der Waals surface area contributed by atoms with Gasteiger partial charge in [0.05, 0.1) is 4.90 Å². The van der Waals surface area contributed by atoms with Gasteiger partial charge in [-0.15, -0.1) is 0 Å². The summed E-state index contributed by atoms with van der Waals surface area (Å²) in [6, 6.07) is 7.09. The Morgan fingerprint density at radius 1 is 1.26 bits per heavy atom. The van der Waals surface area contributed by atoms with Crippen LogP contribution in [0.15, 0.2) is 29.2 Å². The van der Waals surface area contributed by atoms with E-state index in [1.165, 1.54) is 12.8 Å². The molecule has 1 aromatic carbocycles. The van der Waals surface area contributed by atoms with Crippen molar-refractivity contribution in [2.75, 3.05) is 13.6 Å². The van der Waals surface area contributed by atoms with Gasteiger partial charge in [0.2, 0.25) is 10.0 Å². The minimum Gasteiger partial charge on any atom is -0.316 e. The van der Waals surface area contributed by atoms with E-state index < -0.39 is 10.0 Å². The number of rotatable bonds is 6. The zero-order valence-corrected chi connectivity index (χ0v) is 12.2. The third-order valence-corrected chi connectivity index (χ3v) is 5.05. The van der Waals surface area contributed by atoms with Crippen LogP contribution in [0.25, 0.3) is 0 Å². The number of hydrogen-bond acceptors (Lipinski definition) is 3. The van der Waals surface area contributed by atoms with Gasteiger partial charge < -0.3 is 5.32 Å². The van der Waals surface area contributed by atoms with Crippen molar-refractivity contribution in [3.63, 3.8) is 0 Å². The summed E-state index contributed by atoms with van der Waals surface area (Å²) in [5.41, 5.74) is 0.978. The Bertz CT molecular complexity index is 508. The summed E-state index contributed by atoms with van der Waals surface area (Å²) in [6.45, 7) is 1.24. The number of benzene rings is 1. The Hall–Kier alpha value is -0.910. The third-order valence-electron chi connectivity index (χ3n) is 3.63. The van der Waals surface area contributed by atoms with E-state index in [0.717, 1.165) is 18.4 Å². The van der Waals surface area contributed by atoms with Gasteiger partial charge in [0.25, 0.3) is 0 Å². The molecular weight excluding hydrogens is 260 g/mol. The summed E-state index contributed by atoms with van der Waals surface area (Å²) in [7, 11) is -1.52. The van der Waals surface area contributed by atoms with Gasteiger partial charge in [0.1, 0.15) is 0 Å². The molecule has 0 bridgehead atoms. The van der Waals surface area contributed by atoms with Crippen LogP contribution in [0.1, 0.15) is 31.2 Å². The Kier molecular flexibility index (Phi) is 4.96. The van der Waals surface area contributed by atoms with Crippen molar-refractivity contribution in [2.45, 2.75) is 37.1 Å². The smallest absolute Gasteiger partial charge is 0.240 e. The summed E-state index contributed by atoms with van der Waals surface area (Å²) >= 11 is 0. The molecule has 106 valence electrons. The standard InChI is InChI=1S/C14H22N2O2S/c1-15-10-13-7-4-8-14(9-13)19(17,18)16-11-12-5-2-3-6-12/h4,7-9,12,15-16H,2-3,5-6,10-11H2,1H3. The molecule has 1 aromatic rings. The van der Waals surface area contributed by atoms with Crippen molar-refractivity contribution < 1.29 is 8.42 Å². The first-order chi connectivity index (χ1) is 9.12. The summed E-state index contributed by atoms with van der Waals surface area (Å²) in [4.78, 5) is 0.359.